The number of nitrogens with zero attached hydrogens (tertiary/aromatic N) is 1. The van der Waals surface area contributed by atoms with E-state index in [1.807, 2.05) is 0 Å². The van der Waals surface area contributed by atoms with E-state index in [2.05, 4.69) is 18.9 Å². The summed E-state index contributed by atoms with van der Waals surface area (Å²) < 4.78 is 0. The summed E-state index contributed by atoms with van der Waals surface area (Å²) in [5.41, 5.74) is 6.39. The van der Waals surface area contributed by atoms with Gasteiger partial charge in [-0.3, -0.25) is 4.90 Å². The van der Waals surface area contributed by atoms with E-state index in [4.69, 9.17) is 5.73 Å². The largest absolute Gasteiger partial charge is 0.329 e. The van der Waals surface area contributed by atoms with Crippen molar-refractivity contribution in [2.75, 3.05) is 13.6 Å². The highest BCUT2D eigenvalue weighted by Crippen LogP contribution is 2.57. The molecule has 0 aromatic rings. The van der Waals surface area contributed by atoms with E-state index in [1.165, 1.54) is 38.5 Å². The molecule has 0 radical (unpaired) electrons. The van der Waals surface area contributed by atoms with Crippen LogP contribution in [0.15, 0.2) is 0 Å². The summed E-state index contributed by atoms with van der Waals surface area (Å²) in [7, 11) is 2.32. The lowest BCUT2D eigenvalue weighted by Crippen LogP contribution is -2.61. The van der Waals surface area contributed by atoms with Gasteiger partial charge in [-0.05, 0) is 70.3 Å². The van der Waals surface area contributed by atoms with Gasteiger partial charge in [-0.15, -0.1) is 0 Å². The van der Waals surface area contributed by atoms with Crippen LogP contribution in [0.5, 0.6) is 0 Å². The van der Waals surface area contributed by atoms with Crippen molar-refractivity contribution in [3.63, 3.8) is 0 Å². The minimum absolute atomic E-state index is 0.535. The van der Waals surface area contributed by atoms with Crippen molar-refractivity contribution in [3.05, 3.63) is 0 Å². The van der Waals surface area contributed by atoms with Crippen molar-refractivity contribution in [1.82, 2.24) is 4.90 Å². The molecule has 4 rings (SSSR count). The Balaban J connectivity index is 1.82. The predicted molar refractivity (Wildman–Crippen MR) is 67.2 cm³/mol. The maximum Gasteiger partial charge on any atom is 0.0217 e. The van der Waals surface area contributed by atoms with Crippen molar-refractivity contribution in [2.45, 2.75) is 57.0 Å². The van der Waals surface area contributed by atoms with E-state index in [0.717, 1.165) is 24.3 Å². The van der Waals surface area contributed by atoms with Gasteiger partial charge in [0, 0.05) is 18.1 Å². The minimum atomic E-state index is 0.535. The highest BCUT2D eigenvalue weighted by molar-refractivity contribution is 5.07. The Kier molecular flexibility index (Phi) is 2.56. The van der Waals surface area contributed by atoms with Crippen LogP contribution in [-0.2, 0) is 0 Å². The lowest BCUT2D eigenvalue weighted by atomic mass is 9.52. The zero-order valence-electron chi connectivity index (χ0n) is 10.8. The monoisotopic (exact) mass is 222 g/mol. The molecule has 4 aliphatic rings. The molecule has 0 heterocycles. The molecule has 0 saturated heterocycles. The van der Waals surface area contributed by atoms with E-state index in [0.29, 0.717) is 11.6 Å². The first-order chi connectivity index (χ1) is 7.63. The highest BCUT2D eigenvalue weighted by Gasteiger charge is 2.53. The van der Waals surface area contributed by atoms with Crippen LogP contribution in [-0.4, -0.2) is 30.1 Å². The van der Waals surface area contributed by atoms with Crippen molar-refractivity contribution in [3.8, 4) is 0 Å². The molecular weight excluding hydrogens is 196 g/mol. The number of hydrogen-bond acceptors (Lipinski definition) is 2. The molecule has 0 amide bonds. The van der Waals surface area contributed by atoms with Gasteiger partial charge in [-0.1, -0.05) is 0 Å². The van der Waals surface area contributed by atoms with Gasteiger partial charge in [0.05, 0.1) is 0 Å². The van der Waals surface area contributed by atoms with Gasteiger partial charge < -0.3 is 5.73 Å². The Morgan fingerprint density at radius 3 is 1.94 bits per heavy atom. The zero-order chi connectivity index (χ0) is 11.3. The average Bonchev–Trinajstić information content (AvgIpc) is 2.25. The van der Waals surface area contributed by atoms with Gasteiger partial charge in [0.25, 0.3) is 0 Å². The smallest absolute Gasteiger partial charge is 0.0217 e. The Labute approximate surface area is 99.6 Å². The second kappa shape index (κ2) is 3.71. The van der Waals surface area contributed by atoms with Crippen LogP contribution in [0.3, 0.4) is 0 Å². The molecule has 4 fully saturated rings. The van der Waals surface area contributed by atoms with Crippen molar-refractivity contribution >= 4 is 0 Å². The van der Waals surface area contributed by atoms with Gasteiger partial charge >= 0.3 is 0 Å². The van der Waals surface area contributed by atoms with Crippen molar-refractivity contribution < 1.29 is 0 Å². The molecule has 0 spiro atoms. The van der Waals surface area contributed by atoms with E-state index < -0.39 is 0 Å². The number of nitrogens with two attached hydrogens (primary N) is 1. The Morgan fingerprint density at radius 2 is 1.56 bits per heavy atom. The molecule has 0 aromatic carbocycles. The first-order valence-corrected chi connectivity index (χ1v) is 7.06. The molecular formula is C14H26N2. The first kappa shape index (κ1) is 11.0. The molecule has 0 aromatic heterocycles. The van der Waals surface area contributed by atoms with Crippen LogP contribution in [0.1, 0.15) is 45.4 Å². The van der Waals surface area contributed by atoms with Crippen LogP contribution in [0, 0.1) is 17.8 Å². The highest BCUT2D eigenvalue weighted by atomic mass is 15.2. The van der Waals surface area contributed by atoms with E-state index in [-0.39, 0.29) is 0 Å². The predicted octanol–water partition coefficient (Wildman–Crippen LogP) is 2.23. The standard InChI is InChI=1S/C14H26N2/c1-10(9-15)16(2)14-6-11-3-12(7-14)5-13(4-11)8-14/h10-13H,3-9,15H2,1-2H3. The van der Waals surface area contributed by atoms with Crippen LogP contribution in [0.4, 0.5) is 0 Å². The summed E-state index contributed by atoms with van der Waals surface area (Å²) in [6, 6.07) is 0.552. The third-order valence-electron chi connectivity index (χ3n) is 5.76. The Hall–Kier alpha value is -0.0800. The van der Waals surface area contributed by atoms with Gasteiger partial charge in [-0.2, -0.15) is 0 Å². The molecule has 2 N–H and O–H groups in total. The Bertz CT molecular complexity index is 239. The van der Waals surface area contributed by atoms with Gasteiger partial charge in [0.2, 0.25) is 0 Å². The van der Waals surface area contributed by atoms with Gasteiger partial charge in [0.1, 0.15) is 0 Å². The first-order valence-electron chi connectivity index (χ1n) is 7.06. The molecule has 2 nitrogen and oxygen atoms in total. The molecule has 0 aliphatic heterocycles. The maximum atomic E-state index is 5.85. The third-order valence-corrected chi connectivity index (χ3v) is 5.76. The van der Waals surface area contributed by atoms with E-state index in [9.17, 15) is 0 Å². The maximum absolute atomic E-state index is 5.85. The molecule has 92 valence electrons. The van der Waals surface area contributed by atoms with E-state index >= 15 is 0 Å². The fraction of sp³-hybridized carbons (Fsp3) is 1.00. The van der Waals surface area contributed by atoms with Crippen LogP contribution >= 0.6 is 0 Å². The van der Waals surface area contributed by atoms with Gasteiger partial charge in [0.15, 0.2) is 0 Å². The van der Waals surface area contributed by atoms with E-state index in [1.54, 1.807) is 0 Å². The number of likely N-dealkylation sites (N-methyl/N-ethyl adjacent to an activating group) is 1. The SMILES string of the molecule is CC(CN)N(C)C12CC3CC(CC(C3)C1)C2. The number of rotatable bonds is 3. The second-order valence-electron chi connectivity index (χ2n) is 6.84. The summed E-state index contributed by atoms with van der Waals surface area (Å²) in [6.45, 7) is 3.09. The average molecular weight is 222 g/mol. The molecule has 1 atom stereocenters. The summed E-state index contributed by atoms with van der Waals surface area (Å²) in [4.78, 5) is 2.64. The second-order valence-corrected chi connectivity index (χ2v) is 6.84. The number of hydrogen-bond donors (Lipinski definition) is 1. The lowest BCUT2D eigenvalue weighted by molar-refractivity contribution is -0.0901. The topological polar surface area (TPSA) is 29.3 Å². The summed E-state index contributed by atoms with van der Waals surface area (Å²) in [5.74, 6) is 3.12. The quantitative estimate of drug-likeness (QED) is 0.793. The zero-order valence-corrected chi connectivity index (χ0v) is 10.8. The third kappa shape index (κ3) is 1.53. The molecule has 16 heavy (non-hydrogen) atoms. The molecule has 2 heteroatoms. The minimum Gasteiger partial charge on any atom is -0.329 e. The van der Waals surface area contributed by atoms with Gasteiger partial charge in [-0.25, -0.2) is 0 Å². The van der Waals surface area contributed by atoms with Crippen molar-refractivity contribution in [2.24, 2.45) is 23.5 Å². The molecule has 4 aliphatic carbocycles. The van der Waals surface area contributed by atoms with Crippen LogP contribution in [0.2, 0.25) is 0 Å². The fourth-order valence-corrected chi connectivity index (χ4v) is 5.12. The molecule has 1 unspecified atom stereocenters. The van der Waals surface area contributed by atoms with Crippen molar-refractivity contribution in [1.29, 1.82) is 0 Å². The summed E-state index contributed by atoms with van der Waals surface area (Å²) in [6.07, 6.45) is 8.97. The summed E-state index contributed by atoms with van der Waals surface area (Å²) in [5, 5.41) is 0. The lowest BCUT2D eigenvalue weighted by Gasteiger charge is -2.61. The van der Waals surface area contributed by atoms with Crippen LogP contribution < -0.4 is 5.73 Å². The molecule has 4 bridgehead atoms. The van der Waals surface area contributed by atoms with Crippen LogP contribution in [0.25, 0.3) is 0 Å². The fourth-order valence-electron chi connectivity index (χ4n) is 5.12. The Morgan fingerprint density at radius 1 is 1.12 bits per heavy atom. The summed E-state index contributed by atoms with van der Waals surface area (Å²) >= 11 is 0. The molecule has 4 saturated carbocycles. The normalized spacial score (nSPS) is 47.6.